The molecule has 0 radical (unpaired) electrons. The summed E-state index contributed by atoms with van der Waals surface area (Å²) in [5.41, 5.74) is 2.33. The van der Waals surface area contributed by atoms with E-state index in [-0.39, 0.29) is 35.7 Å². The van der Waals surface area contributed by atoms with Crippen LogP contribution in [0.25, 0.3) is 0 Å². The first kappa shape index (κ1) is 25.0. The summed E-state index contributed by atoms with van der Waals surface area (Å²) in [7, 11) is -2.85. The van der Waals surface area contributed by atoms with Crippen molar-refractivity contribution in [1.29, 1.82) is 0 Å². The lowest BCUT2D eigenvalue weighted by atomic mass is 10.2. The fourth-order valence-electron chi connectivity index (χ4n) is 3.74. The van der Waals surface area contributed by atoms with Crippen LogP contribution in [0.5, 0.6) is 5.75 Å². The van der Waals surface area contributed by atoms with Crippen LogP contribution in [0.2, 0.25) is 5.02 Å². The Kier molecular flexibility index (Phi) is 7.33. The number of amides is 1. The SMILES string of the molecule is COc1ccc(CN(c2cscn2)S(=O)(=O)c2cc(Cl)c(NC3CCN(C(=O)O)C3)cc2F)cc1. The highest BCUT2D eigenvalue weighted by atomic mass is 35.5. The number of thiazole rings is 1. The molecule has 2 N–H and O–H groups in total. The minimum atomic E-state index is -4.38. The van der Waals surface area contributed by atoms with Crippen molar-refractivity contribution in [2.24, 2.45) is 0 Å². The molecule has 0 spiro atoms. The molecule has 2 aromatic carbocycles. The molecule has 186 valence electrons. The van der Waals surface area contributed by atoms with Crippen molar-refractivity contribution >= 4 is 50.6 Å². The summed E-state index contributed by atoms with van der Waals surface area (Å²) >= 11 is 7.55. The number of sulfonamides is 1. The molecule has 1 amide bonds. The Bertz CT molecular complexity index is 1310. The molecule has 4 rings (SSSR count). The number of benzene rings is 2. The third-order valence-electron chi connectivity index (χ3n) is 5.57. The minimum absolute atomic E-state index is 0.00132. The van der Waals surface area contributed by atoms with Gasteiger partial charge in [0.05, 0.1) is 29.9 Å². The van der Waals surface area contributed by atoms with Gasteiger partial charge >= 0.3 is 6.09 Å². The van der Waals surface area contributed by atoms with E-state index in [4.69, 9.17) is 21.4 Å². The van der Waals surface area contributed by atoms with Gasteiger partial charge < -0.3 is 20.1 Å². The first-order valence-electron chi connectivity index (χ1n) is 10.5. The van der Waals surface area contributed by atoms with Crippen LogP contribution in [0.3, 0.4) is 0 Å². The normalized spacial score (nSPS) is 15.7. The number of nitrogens with zero attached hydrogens (tertiary/aromatic N) is 3. The fourth-order valence-corrected chi connectivity index (χ4v) is 6.11. The number of rotatable bonds is 8. The molecule has 9 nitrogen and oxygen atoms in total. The van der Waals surface area contributed by atoms with E-state index in [2.05, 4.69) is 10.3 Å². The summed E-state index contributed by atoms with van der Waals surface area (Å²) < 4.78 is 48.5. The minimum Gasteiger partial charge on any atom is -0.497 e. The molecule has 2 heterocycles. The van der Waals surface area contributed by atoms with Crippen LogP contribution in [-0.2, 0) is 16.6 Å². The first-order valence-corrected chi connectivity index (χ1v) is 13.2. The van der Waals surface area contributed by atoms with Crippen molar-refractivity contribution in [1.82, 2.24) is 9.88 Å². The van der Waals surface area contributed by atoms with Gasteiger partial charge in [0.1, 0.15) is 16.5 Å². The van der Waals surface area contributed by atoms with Crippen LogP contribution >= 0.6 is 22.9 Å². The van der Waals surface area contributed by atoms with Gasteiger partial charge in [-0.3, -0.25) is 0 Å². The predicted octanol–water partition coefficient (Wildman–Crippen LogP) is 4.50. The molecule has 1 saturated heterocycles. The van der Waals surface area contributed by atoms with Crippen LogP contribution in [0.15, 0.2) is 52.2 Å². The maximum atomic E-state index is 15.2. The quantitative estimate of drug-likeness (QED) is 0.432. The van der Waals surface area contributed by atoms with Gasteiger partial charge in [-0.2, -0.15) is 0 Å². The topological polar surface area (TPSA) is 112 Å². The summed E-state index contributed by atoms with van der Waals surface area (Å²) in [5, 5.41) is 13.7. The maximum absolute atomic E-state index is 15.2. The molecule has 0 aliphatic carbocycles. The Hall–Kier alpha value is -3.09. The zero-order valence-corrected chi connectivity index (χ0v) is 20.9. The van der Waals surface area contributed by atoms with E-state index in [0.717, 1.165) is 16.4 Å². The summed E-state index contributed by atoms with van der Waals surface area (Å²) in [6.07, 6.45) is -0.518. The smallest absolute Gasteiger partial charge is 0.407 e. The number of hydrogen-bond donors (Lipinski definition) is 2. The van der Waals surface area contributed by atoms with Crippen LogP contribution in [0.4, 0.5) is 20.7 Å². The van der Waals surface area contributed by atoms with Crippen molar-refractivity contribution in [2.75, 3.05) is 29.8 Å². The van der Waals surface area contributed by atoms with Gasteiger partial charge in [0.2, 0.25) is 0 Å². The van der Waals surface area contributed by atoms with E-state index < -0.39 is 26.8 Å². The lowest BCUT2D eigenvalue weighted by Gasteiger charge is -2.23. The van der Waals surface area contributed by atoms with Gasteiger partial charge in [-0.05, 0) is 36.2 Å². The lowest BCUT2D eigenvalue weighted by Crippen LogP contribution is -2.32. The second kappa shape index (κ2) is 10.3. The van der Waals surface area contributed by atoms with Gasteiger partial charge in [-0.15, -0.1) is 11.3 Å². The van der Waals surface area contributed by atoms with E-state index in [9.17, 15) is 13.2 Å². The summed E-state index contributed by atoms with van der Waals surface area (Å²) in [5.74, 6) is -0.213. The van der Waals surface area contributed by atoms with Gasteiger partial charge in [0.15, 0.2) is 5.82 Å². The van der Waals surface area contributed by atoms with E-state index >= 15 is 4.39 Å². The van der Waals surface area contributed by atoms with Crippen molar-refractivity contribution in [3.63, 3.8) is 0 Å². The van der Waals surface area contributed by atoms with Crippen LogP contribution < -0.4 is 14.4 Å². The number of carboxylic acid groups (broad SMARTS) is 1. The molecule has 3 aromatic rings. The Balaban J connectivity index is 1.63. The van der Waals surface area contributed by atoms with Crippen LogP contribution in [0, 0.1) is 5.82 Å². The largest absolute Gasteiger partial charge is 0.497 e. The highest BCUT2D eigenvalue weighted by Gasteiger charge is 2.31. The molecule has 0 saturated carbocycles. The van der Waals surface area contributed by atoms with E-state index in [1.54, 1.807) is 29.6 Å². The highest BCUT2D eigenvalue weighted by Crippen LogP contribution is 2.33. The lowest BCUT2D eigenvalue weighted by molar-refractivity contribution is 0.155. The van der Waals surface area contributed by atoms with E-state index in [0.29, 0.717) is 24.3 Å². The van der Waals surface area contributed by atoms with E-state index in [1.165, 1.54) is 28.9 Å². The molecule has 1 aliphatic heterocycles. The molecule has 1 aromatic heterocycles. The fraction of sp³-hybridized carbons (Fsp3) is 0.273. The zero-order chi connectivity index (χ0) is 25.2. The number of anilines is 2. The van der Waals surface area contributed by atoms with Gasteiger partial charge in [0, 0.05) is 24.5 Å². The number of ether oxygens (including phenoxy) is 1. The van der Waals surface area contributed by atoms with Gasteiger partial charge in [0.25, 0.3) is 10.0 Å². The molecule has 13 heteroatoms. The molecular formula is C22H22ClFN4O5S2. The molecule has 1 fully saturated rings. The highest BCUT2D eigenvalue weighted by molar-refractivity contribution is 7.92. The molecule has 1 atom stereocenters. The number of hydrogen-bond acceptors (Lipinski definition) is 7. The number of aromatic nitrogens is 1. The Morgan fingerprint density at radius 1 is 1.37 bits per heavy atom. The average Bonchev–Trinajstić information content (AvgIpc) is 3.52. The number of nitrogens with one attached hydrogen (secondary N) is 1. The van der Waals surface area contributed by atoms with Crippen molar-refractivity contribution in [3.05, 3.63) is 63.7 Å². The first-order chi connectivity index (χ1) is 16.7. The van der Waals surface area contributed by atoms with Crippen LogP contribution in [0.1, 0.15) is 12.0 Å². The van der Waals surface area contributed by atoms with Gasteiger partial charge in [-0.25, -0.2) is 26.9 Å². The molecule has 0 bridgehead atoms. The zero-order valence-electron chi connectivity index (χ0n) is 18.5. The monoisotopic (exact) mass is 540 g/mol. The molecule has 1 unspecified atom stereocenters. The average molecular weight is 541 g/mol. The maximum Gasteiger partial charge on any atom is 0.407 e. The second-order valence-electron chi connectivity index (χ2n) is 7.83. The van der Waals surface area contributed by atoms with Crippen molar-refractivity contribution in [3.8, 4) is 5.75 Å². The number of likely N-dealkylation sites (tertiary alicyclic amines) is 1. The second-order valence-corrected chi connectivity index (χ2v) is 10.8. The molecule has 1 aliphatic rings. The standard InChI is InChI=1S/C22H22ClFN4O5S2/c1-33-16-4-2-14(3-5-16)10-28(21-12-34-13-25-21)35(31,32)20-8-17(23)19(9-18(20)24)26-15-6-7-27(11-15)22(29)30/h2-5,8-9,12-13,15,26H,6-7,10-11H2,1H3,(H,29,30). The predicted molar refractivity (Wildman–Crippen MR) is 132 cm³/mol. The number of carbonyl (C=O) groups is 1. The van der Waals surface area contributed by atoms with Crippen molar-refractivity contribution in [2.45, 2.75) is 23.9 Å². The molecular weight excluding hydrogens is 519 g/mol. The Morgan fingerprint density at radius 2 is 2.11 bits per heavy atom. The third kappa shape index (κ3) is 5.44. The summed E-state index contributed by atoms with van der Waals surface area (Å²) in [4.78, 5) is 15.9. The molecule has 35 heavy (non-hydrogen) atoms. The third-order valence-corrected chi connectivity index (χ3v) is 8.22. The summed E-state index contributed by atoms with van der Waals surface area (Å²) in [6.45, 7) is 0.473. The number of halogens is 2. The Labute approximate surface area is 210 Å². The summed E-state index contributed by atoms with van der Waals surface area (Å²) in [6, 6.07) is 8.64. The Morgan fingerprint density at radius 3 is 2.71 bits per heavy atom. The van der Waals surface area contributed by atoms with Crippen molar-refractivity contribution < 1.29 is 27.4 Å². The van der Waals surface area contributed by atoms with Gasteiger partial charge in [-0.1, -0.05) is 23.7 Å². The van der Waals surface area contributed by atoms with E-state index in [1.807, 2.05) is 0 Å². The van der Waals surface area contributed by atoms with Crippen LogP contribution in [-0.4, -0.2) is 55.7 Å². The number of methoxy groups -OCH3 is 1.